The molecule has 1 rings (SSSR count). The van der Waals surface area contributed by atoms with Crippen molar-refractivity contribution in [3.63, 3.8) is 0 Å². The van der Waals surface area contributed by atoms with Gasteiger partial charge in [0.25, 0.3) is 0 Å². The molecule has 1 heterocycles. The van der Waals surface area contributed by atoms with Gasteiger partial charge in [-0.3, -0.25) is 0 Å². The standard InChI is InChI=1S/C9H17NO/c1-3-5-9(11)6-4-8(2)10-7-9/h3,8,10-11H,1,4-7H2,2H3. The molecule has 0 aromatic rings. The Morgan fingerprint density at radius 3 is 3.00 bits per heavy atom. The van der Waals surface area contributed by atoms with Crippen LogP contribution in [0.25, 0.3) is 0 Å². The van der Waals surface area contributed by atoms with E-state index in [4.69, 9.17) is 0 Å². The Morgan fingerprint density at radius 1 is 1.82 bits per heavy atom. The summed E-state index contributed by atoms with van der Waals surface area (Å²) < 4.78 is 0. The molecule has 0 aliphatic carbocycles. The first-order chi connectivity index (χ1) is 5.16. The smallest absolute Gasteiger partial charge is 0.0806 e. The molecule has 2 nitrogen and oxygen atoms in total. The van der Waals surface area contributed by atoms with Gasteiger partial charge >= 0.3 is 0 Å². The molecule has 64 valence electrons. The summed E-state index contributed by atoms with van der Waals surface area (Å²) >= 11 is 0. The molecular formula is C9H17NO. The normalized spacial score (nSPS) is 38.5. The third kappa shape index (κ3) is 2.31. The third-order valence-corrected chi connectivity index (χ3v) is 2.35. The van der Waals surface area contributed by atoms with Gasteiger partial charge in [-0.15, -0.1) is 6.58 Å². The van der Waals surface area contributed by atoms with Crippen LogP contribution in [0.3, 0.4) is 0 Å². The van der Waals surface area contributed by atoms with Crippen LogP contribution < -0.4 is 5.32 Å². The van der Waals surface area contributed by atoms with Gasteiger partial charge in [0.2, 0.25) is 0 Å². The molecule has 2 heteroatoms. The fourth-order valence-corrected chi connectivity index (χ4v) is 1.48. The average molecular weight is 155 g/mol. The zero-order valence-corrected chi connectivity index (χ0v) is 7.14. The highest BCUT2D eigenvalue weighted by Gasteiger charge is 2.29. The number of nitrogens with one attached hydrogen (secondary N) is 1. The van der Waals surface area contributed by atoms with Crippen molar-refractivity contribution in [2.45, 2.75) is 37.8 Å². The van der Waals surface area contributed by atoms with E-state index in [-0.39, 0.29) is 0 Å². The molecule has 0 saturated carbocycles. The summed E-state index contributed by atoms with van der Waals surface area (Å²) in [5.41, 5.74) is -0.520. The first-order valence-electron chi connectivity index (χ1n) is 4.23. The molecule has 0 amide bonds. The van der Waals surface area contributed by atoms with Crippen molar-refractivity contribution in [1.29, 1.82) is 0 Å². The minimum absolute atomic E-state index is 0.520. The Balaban J connectivity index is 2.41. The quantitative estimate of drug-likeness (QED) is 0.584. The summed E-state index contributed by atoms with van der Waals surface area (Å²) in [4.78, 5) is 0. The van der Waals surface area contributed by atoms with Gasteiger partial charge < -0.3 is 10.4 Å². The van der Waals surface area contributed by atoms with Gasteiger partial charge in [0.1, 0.15) is 0 Å². The van der Waals surface area contributed by atoms with E-state index in [2.05, 4.69) is 18.8 Å². The molecular weight excluding hydrogens is 138 g/mol. The van der Waals surface area contributed by atoms with E-state index in [0.717, 1.165) is 12.8 Å². The van der Waals surface area contributed by atoms with Gasteiger partial charge in [-0.05, 0) is 26.2 Å². The zero-order valence-electron chi connectivity index (χ0n) is 7.14. The molecule has 0 bridgehead atoms. The first-order valence-corrected chi connectivity index (χ1v) is 4.23. The van der Waals surface area contributed by atoms with Crippen LogP contribution in [0.1, 0.15) is 26.2 Å². The molecule has 0 radical (unpaired) electrons. The maximum absolute atomic E-state index is 9.86. The van der Waals surface area contributed by atoms with Crippen molar-refractivity contribution in [2.75, 3.05) is 6.54 Å². The van der Waals surface area contributed by atoms with Crippen LogP contribution in [0.15, 0.2) is 12.7 Å². The number of β-amino-alcohol motifs (C(OH)–C–C–N with tert-alkyl or cyclic N) is 1. The zero-order chi connectivity index (χ0) is 8.32. The van der Waals surface area contributed by atoms with E-state index in [1.807, 2.05) is 0 Å². The second-order valence-electron chi connectivity index (χ2n) is 3.54. The van der Waals surface area contributed by atoms with Crippen LogP contribution in [-0.2, 0) is 0 Å². The van der Waals surface area contributed by atoms with Gasteiger partial charge in [-0.1, -0.05) is 6.08 Å². The molecule has 0 aromatic carbocycles. The number of rotatable bonds is 2. The summed E-state index contributed by atoms with van der Waals surface area (Å²) in [6.45, 7) is 6.49. The van der Waals surface area contributed by atoms with Crippen molar-refractivity contribution in [3.8, 4) is 0 Å². The number of hydrogen-bond acceptors (Lipinski definition) is 2. The summed E-state index contributed by atoms with van der Waals surface area (Å²) in [6.07, 6.45) is 4.45. The second kappa shape index (κ2) is 3.37. The molecule has 11 heavy (non-hydrogen) atoms. The highest BCUT2D eigenvalue weighted by molar-refractivity contribution is 4.92. The van der Waals surface area contributed by atoms with Gasteiger partial charge in [0, 0.05) is 12.6 Å². The minimum Gasteiger partial charge on any atom is -0.388 e. The maximum Gasteiger partial charge on any atom is 0.0806 e. The van der Waals surface area contributed by atoms with Crippen molar-refractivity contribution < 1.29 is 5.11 Å². The maximum atomic E-state index is 9.86. The molecule has 2 N–H and O–H groups in total. The third-order valence-electron chi connectivity index (χ3n) is 2.35. The van der Waals surface area contributed by atoms with Crippen molar-refractivity contribution in [2.24, 2.45) is 0 Å². The molecule has 0 spiro atoms. The summed E-state index contributed by atoms with van der Waals surface area (Å²) in [6, 6.07) is 0.556. The Kier molecular flexibility index (Phi) is 2.68. The molecule has 1 aliphatic rings. The SMILES string of the molecule is C=CCC1(O)CCC(C)NC1. The molecule has 1 fully saturated rings. The molecule has 2 unspecified atom stereocenters. The summed E-state index contributed by atoms with van der Waals surface area (Å²) in [5, 5.41) is 13.1. The van der Waals surface area contributed by atoms with Crippen molar-refractivity contribution >= 4 is 0 Å². The fourth-order valence-electron chi connectivity index (χ4n) is 1.48. The monoisotopic (exact) mass is 155 g/mol. The van der Waals surface area contributed by atoms with Crippen LogP contribution in [-0.4, -0.2) is 23.3 Å². The average Bonchev–Trinajstić information content (AvgIpc) is 1.97. The van der Waals surface area contributed by atoms with Gasteiger partial charge in [-0.2, -0.15) is 0 Å². The highest BCUT2D eigenvalue weighted by Crippen LogP contribution is 2.22. The lowest BCUT2D eigenvalue weighted by Crippen LogP contribution is -2.48. The van der Waals surface area contributed by atoms with Crippen LogP contribution in [0, 0.1) is 0 Å². The molecule has 0 aromatic heterocycles. The predicted molar refractivity (Wildman–Crippen MR) is 46.5 cm³/mol. The fraction of sp³-hybridized carbons (Fsp3) is 0.778. The number of piperidine rings is 1. The van der Waals surface area contributed by atoms with E-state index in [1.165, 1.54) is 0 Å². The van der Waals surface area contributed by atoms with Crippen LogP contribution in [0.2, 0.25) is 0 Å². The van der Waals surface area contributed by atoms with Gasteiger partial charge in [0.05, 0.1) is 5.60 Å². The van der Waals surface area contributed by atoms with Crippen LogP contribution >= 0.6 is 0 Å². The Hall–Kier alpha value is -0.340. The van der Waals surface area contributed by atoms with Crippen molar-refractivity contribution in [1.82, 2.24) is 5.32 Å². The Morgan fingerprint density at radius 2 is 2.55 bits per heavy atom. The lowest BCUT2D eigenvalue weighted by molar-refractivity contribution is 0.0110. The largest absolute Gasteiger partial charge is 0.388 e. The Labute approximate surface area is 68.3 Å². The van der Waals surface area contributed by atoms with Gasteiger partial charge in [0.15, 0.2) is 0 Å². The molecule has 1 saturated heterocycles. The highest BCUT2D eigenvalue weighted by atomic mass is 16.3. The van der Waals surface area contributed by atoms with Crippen LogP contribution in [0.4, 0.5) is 0 Å². The van der Waals surface area contributed by atoms with Crippen molar-refractivity contribution in [3.05, 3.63) is 12.7 Å². The number of aliphatic hydroxyl groups is 1. The summed E-state index contributed by atoms with van der Waals surface area (Å²) in [5.74, 6) is 0. The van der Waals surface area contributed by atoms with E-state index in [9.17, 15) is 5.11 Å². The summed E-state index contributed by atoms with van der Waals surface area (Å²) in [7, 11) is 0. The Bertz CT molecular complexity index is 136. The first kappa shape index (κ1) is 8.75. The topological polar surface area (TPSA) is 32.3 Å². The van der Waals surface area contributed by atoms with E-state index in [0.29, 0.717) is 19.0 Å². The minimum atomic E-state index is -0.520. The van der Waals surface area contributed by atoms with E-state index < -0.39 is 5.60 Å². The lowest BCUT2D eigenvalue weighted by Gasteiger charge is -2.34. The van der Waals surface area contributed by atoms with Crippen LogP contribution in [0.5, 0.6) is 0 Å². The second-order valence-corrected chi connectivity index (χ2v) is 3.54. The predicted octanol–water partition coefficient (Wildman–Crippen LogP) is 1.07. The van der Waals surface area contributed by atoms with E-state index >= 15 is 0 Å². The molecule has 1 aliphatic heterocycles. The molecule has 2 atom stereocenters. The van der Waals surface area contributed by atoms with Gasteiger partial charge in [-0.25, -0.2) is 0 Å². The van der Waals surface area contributed by atoms with E-state index in [1.54, 1.807) is 6.08 Å². The number of hydrogen-bond donors (Lipinski definition) is 2. The lowest BCUT2D eigenvalue weighted by atomic mass is 9.88.